The van der Waals surface area contributed by atoms with Crippen LogP contribution in [0.1, 0.15) is 21.9 Å². The summed E-state index contributed by atoms with van der Waals surface area (Å²) in [6, 6.07) is 15.2. The molecule has 0 fully saturated rings. The molecular formula is C21H18N4O3. The van der Waals surface area contributed by atoms with Gasteiger partial charge in [0.15, 0.2) is 11.5 Å². The molecule has 5 rings (SSSR count). The van der Waals surface area contributed by atoms with Gasteiger partial charge in [0.2, 0.25) is 6.79 Å². The number of aryl methyl sites for hydroxylation is 1. The minimum Gasteiger partial charge on any atom is -0.454 e. The Morgan fingerprint density at radius 3 is 2.86 bits per heavy atom. The number of benzene rings is 2. The minimum atomic E-state index is -0.121. The van der Waals surface area contributed by atoms with E-state index in [1.165, 1.54) is 5.56 Å². The summed E-state index contributed by atoms with van der Waals surface area (Å²) >= 11 is 0. The molecule has 0 radical (unpaired) electrons. The Kier molecular flexibility index (Phi) is 3.86. The fraction of sp³-hybridized carbons (Fsp3) is 0.190. The molecular weight excluding hydrogens is 356 g/mol. The predicted octanol–water partition coefficient (Wildman–Crippen LogP) is 3.46. The zero-order chi connectivity index (χ0) is 19.1. The Balaban J connectivity index is 1.42. The summed E-state index contributed by atoms with van der Waals surface area (Å²) in [7, 11) is 0. The second-order valence-electron chi connectivity index (χ2n) is 6.71. The zero-order valence-electron chi connectivity index (χ0n) is 15.3. The Morgan fingerprint density at radius 2 is 1.93 bits per heavy atom. The first-order valence-electron chi connectivity index (χ1n) is 9.09. The Morgan fingerprint density at radius 1 is 1.07 bits per heavy atom. The van der Waals surface area contributed by atoms with Gasteiger partial charge in [0.1, 0.15) is 17.3 Å². The first-order chi connectivity index (χ1) is 13.7. The Bertz CT molecular complexity index is 1080. The van der Waals surface area contributed by atoms with E-state index in [-0.39, 0.29) is 12.7 Å². The molecule has 140 valence electrons. The van der Waals surface area contributed by atoms with E-state index >= 15 is 0 Å². The number of para-hydroxylation sites is 1. The second kappa shape index (κ2) is 6.53. The van der Waals surface area contributed by atoms with E-state index in [1.807, 2.05) is 36.4 Å². The van der Waals surface area contributed by atoms with Gasteiger partial charge in [0.25, 0.3) is 5.91 Å². The van der Waals surface area contributed by atoms with Crippen LogP contribution < -0.4 is 19.7 Å². The third-order valence-corrected chi connectivity index (χ3v) is 4.83. The predicted molar refractivity (Wildman–Crippen MR) is 104 cm³/mol. The number of ether oxygens (including phenoxy) is 2. The summed E-state index contributed by atoms with van der Waals surface area (Å²) in [5, 5.41) is 3.22. The number of aromatic nitrogens is 2. The highest BCUT2D eigenvalue weighted by Gasteiger charge is 2.26. The van der Waals surface area contributed by atoms with Gasteiger partial charge in [-0.1, -0.05) is 18.2 Å². The molecule has 0 unspecified atom stereocenters. The van der Waals surface area contributed by atoms with Crippen LogP contribution in [0.2, 0.25) is 0 Å². The standard InChI is InChI=1S/C21H18N4O3/c1-13-22-16(21(26)25-9-8-14-4-2-3-5-17(14)25)11-20(23-13)24-15-6-7-18-19(10-15)28-12-27-18/h2-7,10-11H,8-9,12H2,1H3,(H,22,23,24). The number of carbonyl (C=O) groups excluding carboxylic acids is 1. The van der Waals surface area contributed by atoms with Gasteiger partial charge < -0.3 is 19.7 Å². The molecule has 0 spiro atoms. The molecule has 0 atom stereocenters. The van der Waals surface area contributed by atoms with Crippen LogP contribution in [-0.4, -0.2) is 29.2 Å². The zero-order valence-corrected chi connectivity index (χ0v) is 15.3. The molecule has 2 aliphatic rings. The highest BCUT2D eigenvalue weighted by molar-refractivity contribution is 6.06. The number of rotatable bonds is 3. The number of hydrogen-bond acceptors (Lipinski definition) is 6. The minimum absolute atomic E-state index is 0.121. The monoisotopic (exact) mass is 374 g/mol. The van der Waals surface area contributed by atoms with Gasteiger partial charge >= 0.3 is 0 Å². The van der Waals surface area contributed by atoms with E-state index in [0.29, 0.717) is 35.4 Å². The molecule has 3 aromatic rings. The third kappa shape index (κ3) is 2.90. The van der Waals surface area contributed by atoms with Gasteiger partial charge in [-0.25, -0.2) is 9.97 Å². The molecule has 0 saturated heterocycles. The van der Waals surface area contributed by atoms with Crippen LogP contribution in [0.4, 0.5) is 17.2 Å². The van der Waals surface area contributed by atoms with Crippen molar-refractivity contribution in [1.82, 2.24) is 9.97 Å². The van der Waals surface area contributed by atoms with Gasteiger partial charge in [0.05, 0.1) is 0 Å². The van der Waals surface area contributed by atoms with E-state index < -0.39 is 0 Å². The van der Waals surface area contributed by atoms with E-state index in [0.717, 1.165) is 17.8 Å². The maximum Gasteiger partial charge on any atom is 0.277 e. The number of hydrogen-bond donors (Lipinski definition) is 1. The maximum atomic E-state index is 13.1. The lowest BCUT2D eigenvalue weighted by Crippen LogP contribution is -2.30. The van der Waals surface area contributed by atoms with Crippen LogP contribution in [0.25, 0.3) is 0 Å². The van der Waals surface area contributed by atoms with Crippen molar-refractivity contribution in [3.05, 3.63) is 65.6 Å². The third-order valence-electron chi connectivity index (χ3n) is 4.83. The fourth-order valence-electron chi connectivity index (χ4n) is 3.55. The van der Waals surface area contributed by atoms with E-state index in [4.69, 9.17) is 9.47 Å². The van der Waals surface area contributed by atoms with Gasteiger partial charge in [-0.3, -0.25) is 4.79 Å². The summed E-state index contributed by atoms with van der Waals surface area (Å²) < 4.78 is 10.7. The van der Waals surface area contributed by atoms with Crippen molar-refractivity contribution in [3.63, 3.8) is 0 Å². The number of nitrogens with zero attached hydrogens (tertiary/aromatic N) is 3. The number of amides is 1. The summed E-state index contributed by atoms with van der Waals surface area (Å²) in [5.41, 5.74) is 3.30. The molecule has 7 nitrogen and oxygen atoms in total. The fourth-order valence-corrected chi connectivity index (χ4v) is 3.55. The Hall–Kier alpha value is -3.61. The molecule has 1 amide bonds. The molecule has 2 aromatic carbocycles. The van der Waals surface area contributed by atoms with Gasteiger partial charge in [-0.15, -0.1) is 0 Å². The highest BCUT2D eigenvalue weighted by atomic mass is 16.7. The normalized spacial score (nSPS) is 14.1. The first kappa shape index (κ1) is 16.6. The van der Waals surface area contributed by atoms with Crippen LogP contribution in [0, 0.1) is 6.92 Å². The topological polar surface area (TPSA) is 76.6 Å². The molecule has 0 bridgehead atoms. The molecule has 1 N–H and O–H groups in total. The second-order valence-corrected chi connectivity index (χ2v) is 6.71. The average molecular weight is 374 g/mol. The van der Waals surface area contributed by atoms with Crippen molar-refractivity contribution in [1.29, 1.82) is 0 Å². The van der Waals surface area contributed by atoms with Crippen molar-refractivity contribution >= 4 is 23.1 Å². The summed E-state index contributed by atoms with van der Waals surface area (Å²) in [5.74, 6) is 2.36. The lowest BCUT2D eigenvalue weighted by Gasteiger charge is -2.17. The maximum absolute atomic E-state index is 13.1. The van der Waals surface area contributed by atoms with E-state index in [2.05, 4.69) is 21.4 Å². The summed E-state index contributed by atoms with van der Waals surface area (Å²) in [4.78, 5) is 23.6. The van der Waals surface area contributed by atoms with E-state index in [1.54, 1.807) is 17.9 Å². The van der Waals surface area contributed by atoms with Crippen LogP contribution in [-0.2, 0) is 6.42 Å². The van der Waals surface area contributed by atoms with Crippen molar-refractivity contribution in [2.75, 3.05) is 23.6 Å². The van der Waals surface area contributed by atoms with Crippen molar-refractivity contribution in [3.8, 4) is 11.5 Å². The number of carbonyl (C=O) groups is 1. The molecule has 7 heteroatoms. The van der Waals surface area contributed by atoms with E-state index in [9.17, 15) is 4.79 Å². The van der Waals surface area contributed by atoms with Gasteiger partial charge in [-0.05, 0) is 37.1 Å². The number of nitrogens with one attached hydrogen (secondary N) is 1. The van der Waals surface area contributed by atoms with Crippen LogP contribution in [0.5, 0.6) is 11.5 Å². The van der Waals surface area contributed by atoms with Gasteiger partial charge in [0, 0.05) is 30.1 Å². The average Bonchev–Trinajstić information content (AvgIpc) is 3.33. The first-order valence-corrected chi connectivity index (χ1v) is 9.09. The lowest BCUT2D eigenvalue weighted by atomic mass is 10.2. The molecule has 1 aromatic heterocycles. The number of fused-ring (bicyclic) bond motifs is 2. The largest absolute Gasteiger partial charge is 0.454 e. The molecule has 28 heavy (non-hydrogen) atoms. The van der Waals surface area contributed by atoms with Gasteiger partial charge in [-0.2, -0.15) is 0 Å². The summed E-state index contributed by atoms with van der Waals surface area (Å²) in [6.45, 7) is 2.66. The SMILES string of the molecule is Cc1nc(Nc2ccc3c(c2)OCO3)cc(C(=O)N2CCc3ccccc32)n1. The van der Waals surface area contributed by atoms with Crippen molar-refractivity contribution < 1.29 is 14.3 Å². The summed E-state index contributed by atoms with van der Waals surface area (Å²) in [6.07, 6.45) is 0.855. The Labute approximate surface area is 161 Å². The van der Waals surface area contributed by atoms with Crippen LogP contribution in [0.3, 0.4) is 0 Å². The van der Waals surface area contributed by atoms with Crippen molar-refractivity contribution in [2.45, 2.75) is 13.3 Å². The van der Waals surface area contributed by atoms with Crippen molar-refractivity contribution in [2.24, 2.45) is 0 Å². The quantitative estimate of drug-likeness (QED) is 0.757. The molecule has 3 heterocycles. The molecule has 0 saturated carbocycles. The van der Waals surface area contributed by atoms with Crippen LogP contribution >= 0.6 is 0 Å². The van der Waals surface area contributed by atoms with Crippen LogP contribution in [0.15, 0.2) is 48.5 Å². The highest BCUT2D eigenvalue weighted by Crippen LogP contribution is 2.35. The lowest BCUT2D eigenvalue weighted by molar-refractivity contribution is 0.0984. The number of anilines is 3. The molecule has 0 aliphatic carbocycles. The smallest absolute Gasteiger partial charge is 0.277 e. The molecule has 2 aliphatic heterocycles.